The van der Waals surface area contributed by atoms with Crippen LogP contribution < -0.4 is 9.47 Å². The molecule has 0 saturated heterocycles. The van der Waals surface area contributed by atoms with Crippen molar-refractivity contribution in [1.82, 2.24) is 9.97 Å². The van der Waals surface area contributed by atoms with Crippen molar-refractivity contribution in [2.75, 3.05) is 14.2 Å². The fourth-order valence-corrected chi connectivity index (χ4v) is 3.11. The number of methoxy groups -OCH3 is 2. The minimum atomic E-state index is -0.553. The van der Waals surface area contributed by atoms with Crippen LogP contribution in [0.4, 0.5) is 0 Å². The Morgan fingerprint density at radius 2 is 2.00 bits per heavy atom. The number of carbonyl (C=O) groups is 1. The Morgan fingerprint density at radius 1 is 1.16 bits per heavy atom. The van der Waals surface area contributed by atoms with E-state index >= 15 is 0 Å². The summed E-state index contributed by atoms with van der Waals surface area (Å²) in [6.07, 6.45) is 1.72. The number of carbonyl (C=O) groups excluding carboxylic acids is 1. The number of aromatic amines is 1. The van der Waals surface area contributed by atoms with Gasteiger partial charge in [-0.25, -0.2) is 9.78 Å². The second-order valence-corrected chi connectivity index (χ2v) is 6.73. The van der Waals surface area contributed by atoms with Gasteiger partial charge in [-0.3, -0.25) is 0 Å². The van der Waals surface area contributed by atoms with Gasteiger partial charge in [0.1, 0.15) is 24.3 Å². The second-order valence-electron chi connectivity index (χ2n) is 6.73. The molecular weight excluding hydrogens is 410 g/mol. The summed E-state index contributed by atoms with van der Waals surface area (Å²) in [5, 5.41) is 9.64. The average molecular weight is 429 g/mol. The number of rotatable bonds is 7. The highest BCUT2D eigenvalue weighted by molar-refractivity contribution is 5.90. The molecule has 0 aliphatic heterocycles. The van der Waals surface area contributed by atoms with E-state index in [4.69, 9.17) is 13.9 Å². The average Bonchev–Trinajstić information content (AvgIpc) is 3.48. The van der Waals surface area contributed by atoms with E-state index in [9.17, 15) is 10.1 Å². The van der Waals surface area contributed by atoms with Crippen LogP contribution in [0.15, 0.2) is 59.0 Å². The van der Waals surface area contributed by atoms with Crippen molar-refractivity contribution < 1.29 is 23.4 Å². The number of imidazole rings is 1. The number of esters is 1. The molecule has 0 radical (unpaired) electrons. The standard InChI is InChI=1S/C24H19N3O5/c1-29-22-12-15(11-16(13-25)23-26-18-5-3-4-6-19(18)27-23)7-9-20(22)31-14-17-8-10-21(32-17)24(28)30-2/h3-12H,14H2,1-2H3,(H,26,27). The Hall–Kier alpha value is -4.51. The summed E-state index contributed by atoms with van der Waals surface area (Å²) in [6, 6.07) is 18.2. The van der Waals surface area contributed by atoms with Crippen LogP contribution in [-0.4, -0.2) is 30.2 Å². The molecule has 0 aliphatic rings. The molecule has 1 N–H and O–H groups in total. The van der Waals surface area contributed by atoms with Crippen molar-refractivity contribution in [3.8, 4) is 17.6 Å². The van der Waals surface area contributed by atoms with Gasteiger partial charge in [0.15, 0.2) is 11.5 Å². The highest BCUT2D eigenvalue weighted by atomic mass is 16.5. The van der Waals surface area contributed by atoms with Crippen LogP contribution in [0.5, 0.6) is 11.5 Å². The Balaban J connectivity index is 1.54. The number of furan rings is 1. The summed E-state index contributed by atoms with van der Waals surface area (Å²) in [7, 11) is 2.82. The van der Waals surface area contributed by atoms with Gasteiger partial charge in [-0.1, -0.05) is 18.2 Å². The van der Waals surface area contributed by atoms with Crippen LogP contribution in [0.1, 0.15) is 27.7 Å². The molecular formula is C24H19N3O5. The molecule has 0 unspecified atom stereocenters. The van der Waals surface area contributed by atoms with Crippen LogP contribution in [0.3, 0.4) is 0 Å². The van der Waals surface area contributed by atoms with Crippen molar-refractivity contribution in [3.63, 3.8) is 0 Å². The van der Waals surface area contributed by atoms with Gasteiger partial charge in [0.05, 0.1) is 30.8 Å². The summed E-state index contributed by atoms with van der Waals surface area (Å²) in [4.78, 5) is 19.1. The lowest BCUT2D eigenvalue weighted by molar-refractivity contribution is 0.0561. The summed E-state index contributed by atoms with van der Waals surface area (Å²) >= 11 is 0. The number of para-hydroxylation sites is 2. The first-order valence-corrected chi connectivity index (χ1v) is 9.66. The van der Waals surface area contributed by atoms with Gasteiger partial charge in [-0.15, -0.1) is 0 Å². The van der Waals surface area contributed by atoms with E-state index in [1.807, 2.05) is 24.3 Å². The lowest BCUT2D eigenvalue weighted by Gasteiger charge is -2.10. The molecule has 2 heterocycles. The van der Waals surface area contributed by atoms with E-state index in [2.05, 4.69) is 20.8 Å². The number of ether oxygens (including phenoxy) is 3. The first kappa shape index (κ1) is 20.8. The van der Waals surface area contributed by atoms with Gasteiger partial charge in [0.25, 0.3) is 0 Å². The van der Waals surface area contributed by atoms with Crippen molar-refractivity contribution in [3.05, 3.63) is 77.5 Å². The Bertz CT molecular complexity index is 1310. The van der Waals surface area contributed by atoms with Crippen LogP contribution in [-0.2, 0) is 11.3 Å². The zero-order valence-corrected chi connectivity index (χ0v) is 17.4. The molecule has 0 fully saturated rings. The molecule has 0 amide bonds. The highest BCUT2D eigenvalue weighted by Crippen LogP contribution is 2.30. The van der Waals surface area contributed by atoms with Crippen LogP contribution in [0.2, 0.25) is 0 Å². The van der Waals surface area contributed by atoms with Gasteiger partial charge in [-0.05, 0) is 48.0 Å². The van der Waals surface area contributed by atoms with Crippen molar-refractivity contribution in [1.29, 1.82) is 5.26 Å². The van der Waals surface area contributed by atoms with Crippen LogP contribution >= 0.6 is 0 Å². The smallest absolute Gasteiger partial charge is 0.373 e. The zero-order chi connectivity index (χ0) is 22.5. The highest BCUT2D eigenvalue weighted by Gasteiger charge is 2.13. The predicted molar refractivity (Wildman–Crippen MR) is 117 cm³/mol. The molecule has 8 nitrogen and oxygen atoms in total. The number of benzene rings is 2. The number of hydrogen-bond donors (Lipinski definition) is 1. The Kier molecular flexibility index (Phi) is 5.90. The molecule has 0 saturated carbocycles. The number of aromatic nitrogens is 2. The zero-order valence-electron chi connectivity index (χ0n) is 17.4. The molecule has 160 valence electrons. The number of allylic oxidation sites excluding steroid dienone is 1. The van der Waals surface area contributed by atoms with Crippen molar-refractivity contribution >= 4 is 28.7 Å². The van der Waals surface area contributed by atoms with Gasteiger partial charge in [0, 0.05) is 0 Å². The molecule has 0 spiro atoms. The topological polar surface area (TPSA) is 110 Å². The number of nitrogens with one attached hydrogen (secondary N) is 1. The first-order chi connectivity index (χ1) is 15.6. The third-order valence-corrected chi connectivity index (χ3v) is 4.68. The van der Waals surface area contributed by atoms with Gasteiger partial charge in [0.2, 0.25) is 5.76 Å². The third-order valence-electron chi connectivity index (χ3n) is 4.68. The number of hydrogen-bond acceptors (Lipinski definition) is 7. The fraction of sp³-hybridized carbons (Fsp3) is 0.125. The first-order valence-electron chi connectivity index (χ1n) is 9.66. The van der Waals surface area contributed by atoms with E-state index in [0.717, 1.165) is 16.6 Å². The maximum atomic E-state index is 11.5. The number of nitriles is 1. The fourth-order valence-electron chi connectivity index (χ4n) is 3.11. The minimum Gasteiger partial charge on any atom is -0.493 e. The summed E-state index contributed by atoms with van der Waals surface area (Å²) in [5.74, 6) is 1.49. The molecule has 0 atom stereocenters. The molecule has 2 aromatic heterocycles. The lowest BCUT2D eigenvalue weighted by Crippen LogP contribution is -1.99. The molecule has 2 aromatic carbocycles. The van der Waals surface area contributed by atoms with E-state index in [1.165, 1.54) is 20.3 Å². The molecule has 8 heteroatoms. The summed E-state index contributed by atoms with van der Waals surface area (Å²) < 4.78 is 21.2. The maximum Gasteiger partial charge on any atom is 0.373 e. The van der Waals surface area contributed by atoms with Gasteiger partial charge < -0.3 is 23.6 Å². The Labute approximate surface area is 183 Å². The molecule has 4 aromatic rings. The maximum absolute atomic E-state index is 11.5. The van der Waals surface area contributed by atoms with Crippen molar-refractivity contribution in [2.24, 2.45) is 0 Å². The largest absolute Gasteiger partial charge is 0.493 e. The molecule has 4 rings (SSSR count). The predicted octanol–water partition coefficient (Wildman–Crippen LogP) is 4.59. The summed E-state index contributed by atoms with van der Waals surface area (Å²) in [6.45, 7) is 0.102. The quantitative estimate of drug-likeness (QED) is 0.338. The van der Waals surface area contributed by atoms with Crippen LogP contribution in [0.25, 0.3) is 22.7 Å². The van der Waals surface area contributed by atoms with Crippen molar-refractivity contribution in [2.45, 2.75) is 6.61 Å². The second kappa shape index (κ2) is 9.10. The summed E-state index contributed by atoms with van der Waals surface area (Å²) in [5.41, 5.74) is 2.79. The van der Waals surface area contributed by atoms with E-state index in [1.54, 1.807) is 30.3 Å². The van der Waals surface area contributed by atoms with E-state index < -0.39 is 5.97 Å². The minimum absolute atomic E-state index is 0.102. The van der Waals surface area contributed by atoms with Gasteiger partial charge in [-0.2, -0.15) is 5.26 Å². The van der Waals surface area contributed by atoms with Gasteiger partial charge >= 0.3 is 5.97 Å². The van der Waals surface area contributed by atoms with Crippen LogP contribution in [0, 0.1) is 11.3 Å². The molecule has 32 heavy (non-hydrogen) atoms. The lowest BCUT2D eigenvalue weighted by atomic mass is 10.1. The molecule has 0 aliphatic carbocycles. The number of fused-ring (bicyclic) bond motifs is 1. The third kappa shape index (κ3) is 4.32. The monoisotopic (exact) mass is 429 g/mol. The van der Waals surface area contributed by atoms with E-state index in [0.29, 0.717) is 28.7 Å². The normalized spacial score (nSPS) is 11.2. The molecule has 0 bridgehead atoms. The van der Waals surface area contributed by atoms with E-state index in [-0.39, 0.29) is 12.4 Å². The number of H-pyrrole nitrogens is 1. The number of nitrogens with zero attached hydrogens (tertiary/aromatic N) is 2. The SMILES string of the molecule is COC(=O)c1ccc(COc2ccc(C=C(C#N)c3nc4ccccc4[nH]3)cc2OC)o1. The Morgan fingerprint density at radius 3 is 2.75 bits per heavy atom.